The van der Waals surface area contributed by atoms with E-state index >= 15 is 0 Å². The van der Waals surface area contributed by atoms with Gasteiger partial charge in [0.25, 0.3) is 0 Å². The van der Waals surface area contributed by atoms with Crippen molar-refractivity contribution < 1.29 is 8.42 Å². The molecule has 7 heteroatoms. The van der Waals surface area contributed by atoms with Crippen LogP contribution in [-0.4, -0.2) is 31.6 Å². The molecule has 2 saturated carbocycles. The number of sulfone groups is 1. The number of anilines is 2. The molecule has 0 radical (unpaired) electrons. The normalized spacial score (nSPS) is 20.3. The molecular weight excluding hydrogens is 282 g/mol. The van der Waals surface area contributed by atoms with Crippen molar-refractivity contribution in [3.05, 3.63) is 0 Å². The zero-order chi connectivity index (χ0) is 13.6. The van der Waals surface area contributed by atoms with Crippen molar-refractivity contribution in [2.45, 2.75) is 42.2 Å². The summed E-state index contributed by atoms with van der Waals surface area (Å²) in [7, 11) is -1.33. The number of hydrogen-bond acceptors (Lipinski definition) is 6. The summed E-state index contributed by atoms with van der Waals surface area (Å²) in [6.07, 6.45) is 5.27. The van der Waals surface area contributed by atoms with Gasteiger partial charge in [0.15, 0.2) is 15.7 Å². The highest BCUT2D eigenvalue weighted by Gasteiger charge is 2.41. The van der Waals surface area contributed by atoms with E-state index in [1.807, 2.05) is 11.9 Å². The first-order valence-electron chi connectivity index (χ1n) is 6.70. The molecule has 5 nitrogen and oxygen atoms in total. The second-order valence-corrected chi connectivity index (χ2v) is 8.54. The maximum atomic E-state index is 12.4. The van der Waals surface area contributed by atoms with Crippen LogP contribution < -0.4 is 10.6 Å². The van der Waals surface area contributed by atoms with Crippen LogP contribution >= 0.6 is 11.5 Å². The Hall–Kier alpha value is -0.820. The molecule has 0 amide bonds. The monoisotopic (exact) mass is 301 g/mol. The van der Waals surface area contributed by atoms with Crippen molar-refractivity contribution in [2.24, 2.45) is 5.92 Å². The van der Waals surface area contributed by atoms with E-state index in [0.717, 1.165) is 24.4 Å². The van der Waals surface area contributed by atoms with Gasteiger partial charge >= 0.3 is 0 Å². The van der Waals surface area contributed by atoms with Gasteiger partial charge in [0.05, 0.1) is 5.25 Å². The Labute approximate surface area is 117 Å². The molecule has 2 fully saturated rings. The summed E-state index contributed by atoms with van der Waals surface area (Å²) in [5, 5.41) is 0.485. The molecule has 106 valence electrons. The fraction of sp³-hybridized carbons (Fsp3) is 0.750. The smallest absolute Gasteiger partial charge is 0.187 e. The molecule has 0 saturated heterocycles. The lowest BCUT2D eigenvalue weighted by Crippen LogP contribution is -2.29. The second kappa shape index (κ2) is 4.63. The van der Waals surface area contributed by atoms with Crippen molar-refractivity contribution in [3.8, 4) is 0 Å². The van der Waals surface area contributed by atoms with Crippen molar-refractivity contribution in [3.63, 3.8) is 0 Å². The SMILES string of the molecule is CN(CC1CCC1)c1snc(N)c1S(=O)(=O)C1CC1. The van der Waals surface area contributed by atoms with Gasteiger partial charge in [0, 0.05) is 13.6 Å². The summed E-state index contributed by atoms with van der Waals surface area (Å²) in [6, 6.07) is 0. The van der Waals surface area contributed by atoms with Crippen LogP contribution in [0.1, 0.15) is 32.1 Å². The highest BCUT2D eigenvalue weighted by atomic mass is 32.2. The standard InChI is InChI=1S/C12H19N3O2S2/c1-15(7-8-3-2-4-8)12-10(11(13)14-18-12)19(16,17)9-5-6-9/h8-9H,2-7H2,1H3,(H2,13,14). The van der Waals surface area contributed by atoms with Crippen LogP contribution in [0.2, 0.25) is 0 Å². The van der Waals surface area contributed by atoms with E-state index in [-0.39, 0.29) is 16.0 Å². The van der Waals surface area contributed by atoms with Crippen molar-refractivity contribution in [2.75, 3.05) is 24.2 Å². The average Bonchev–Trinajstić information content (AvgIpc) is 3.07. The molecule has 1 aromatic rings. The molecule has 2 aliphatic rings. The minimum atomic E-state index is -3.27. The van der Waals surface area contributed by atoms with Gasteiger partial charge in [-0.1, -0.05) is 6.42 Å². The molecule has 19 heavy (non-hydrogen) atoms. The Kier molecular flexibility index (Phi) is 3.21. The van der Waals surface area contributed by atoms with E-state index < -0.39 is 9.84 Å². The molecule has 0 atom stereocenters. The molecule has 0 aliphatic heterocycles. The summed E-state index contributed by atoms with van der Waals surface area (Å²) < 4.78 is 28.9. The summed E-state index contributed by atoms with van der Waals surface area (Å²) in [5.74, 6) is 0.858. The lowest BCUT2D eigenvalue weighted by atomic mass is 9.85. The molecular formula is C12H19N3O2S2. The van der Waals surface area contributed by atoms with Gasteiger partial charge < -0.3 is 10.6 Å². The predicted molar refractivity (Wildman–Crippen MR) is 77.3 cm³/mol. The van der Waals surface area contributed by atoms with E-state index in [0.29, 0.717) is 5.92 Å². The highest BCUT2D eigenvalue weighted by Crippen LogP contribution is 2.42. The van der Waals surface area contributed by atoms with E-state index in [2.05, 4.69) is 4.37 Å². The number of nitrogens with zero attached hydrogens (tertiary/aromatic N) is 2. The van der Waals surface area contributed by atoms with Crippen molar-refractivity contribution >= 4 is 32.2 Å². The molecule has 2 aliphatic carbocycles. The predicted octanol–water partition coefficient (Wildman–Crippen LogP) is 1.90. The van der Waals surface area contributed by atoms with E-state index in [1.54, 1.807) is 0 Å². The summed E-state index contributed by atoms with van der Waals surface area (Å²) in [5.41, 5.74) is 5.80. The quantitative estimate of drug-likeness (QED) is 0.899. The number of nitrogen functional groups attached to an aromatic ring is 1. The van der Waals surface area contributed by atoms with Gasteiger partial charge in [0.2, 0.25) is 0 Å². The Morgan fingerprint density at radius 3 is 2.58 bits per heavy atom. The third kappa shape index (κ3) is 2.33. The first kappa shape index (κ1) is 13.2. The molecule has 1 aromatic heterocycles. The summed E-state index contributed by atoms with van der Waals surface area (Å²) in [4.78, 5) is 2.30. The third-order valence-electron chi connectivity index (χ3n) is 4.01. The molecule has 0 unspecified atom stereocenters. The van der Waals surface area contributed by atoms with Gasteiger partial charge in [-0.25, -0.2) is 8.42 Å². The first-order valence-corrected chi connectivity index (χ1v) is 9.02. The second-order valence-electron chi connectivity index (χ2n) is 5.62. The summed E-state index contributed by atoms with van der Waals surface area (Å²) in [6.45, 7) is 0.898. The van der Waals surface area contributed by atoms with Crippen LogP contribution in [0, 0.1) is 5.92 Å². The Morgan fingerprint density at radius 1 is 1.37 bits per heavy atom. The lowest BCUT2D eigenvalue weighted by Gasteiger charge is -2.30. The molecule has 1 heterocycles. The van der Waals surface area contributed by atoms with Crippen LogP contribution in [-0.2, 0) is 9.84 Å². The zero-order valence-corrected chi connectivity index (χ0v) is 12.6. The molecule has 3 rings (SSSR count). The molecule has 2 N–H and O–H groups in total. The Balaban J connectivity index is 1.89. The summed E-state index contributed by atoms with van der Waals surface area (Å²) >= 11 is 1.20. The fourth-order valence-corrected chi connectivity index (χ4v) is 5.51. The Morgan fingerprint density at radius 2 is 2.05 bits per heavy atom. The van der Waals surface area contributed by atoms with Crippen LogP contribution in [0.15, 0.2) is 4.90 Å². The van der Waals surface area contributed by atoms with Crippen LogP contribution in [0.3, 0.4) is 0 Å². The fourth-order valence-electron chi connectivity index (χ4n) is 2.49. The first-order chi connectivity index (χ1) is 9.00. The van der Waals surface area contributed by atoms with Crippen LogP contribution in [0.25, 0.3) is 0 Å². The minimum Gasteiger partial charge on any atom is -0.382 e. The zero-order valence-electron chi connectivity index (χ0n) is 11.0. The third-order valence-corrected chi connectivity index (χ3v) is 7.44. The maximum absolute atomic E-state index is 12.4. The highest BCUT2D eigenvalue weighted by molar-refractivity contribution is 7.92. The average molecular weight is 301 g/mol. The number of rotatable bonds is 5. The van der Waals surface area contributed by atoms with Gasteiger partial charge in [-0.2, -0.15) is 4.37 Å². The van der Waals surface area contributed by atoms with E-state index in [4.69, 9.17) is 5.73 Å². The van der Waals surface area contributed by atoms with Crippen molar-refractivity contribution in [1.82, 2.24) is 4.37 Å². The molecule has 0 spiro atoms. The lowest BCUT2D eigenvalue weighted by molar-refractivity contribution is 0.321. The van der Waals surface area contributed by atoms with Crippen LogP contribution in [0.5, 0.6) is 0 Å². The minimum absolute atomic E-state index is 0.173. The van der Waals surface area contributed by atoms with Crippen molar-refractivity contribution in [1.29, 1.82) is 0 Å². The van der Waals surface area contributed by atoms with E-state index in [9.17, 15) is 8.42 Å². The van der Waals surface area contributed by atoms with Gasteiger partial charge in [-0.05, 0) is 43.1 Å². The molecule has 0 bridgehead atoms. The largest absolute Gasteiger partial charge is 0.382 e. The maximum Gasteiger partial charge on any atom is 0.187 e. The van der Waals surface area contributed by atoms with Crippen LogP contribution in [0.4, 0.5) is 10.8 Å². The number of hydrogen-bond donors (Lipinski definition) is 1. The van der Waals surface area contributed by atoms with Gasteiger partial charge in [0.1, 0.15) is 9.90 Å². The van der Waals surface area contributed by atoms with E-state index in [1.165, 1.54) is 30.8 Å². The number of nitrogens with two attached hydrogens (primary N) is 1. The van der Waals surface area contributed by atoms with Gasteiger partial charge in [-0.3, -0.25) is 0 Å². The van der Waals surface area contributed by atoms with Gasteiger partial charge in [-0.15, -0.1) is 0 Å². The molecule has 0 aromatic carbocycles. The number of aromatic nitrogens is 1. The Bertz CT molecular complexity index is 574. The topological polar surface area (TPSA) is 76.3 Å².